The van der Waals surface area contributed by atoms with E-state index in [4.69, 9.17) is 23.2 Å². The normalized spacial score (nSPS) is 16.8. The zero-order valence-corrected chi connectivity index (χ0v) is 11.8. The van der Waals surface area contributed by atoms with Gasteiger partial charge in [0.1, 0.15) is 0 Å². The topological polar surface area (TPSA) is 49.4 Å². The largest absolute Gasteiger partial charge is 0.355 e. The van der Waals surface area contributed by atoms with Gasteiger partial charge in [-0.05, 0) is 18.2 Å². The molecule has 0 unspecified atom stereocenters. The highest BCUT2D eigenvalue weighted by Crippen LogP contribution is 2.21. The molecule has 19 heavy (non-hydrogen) atoms. The summed E-state index contributed by atoms with van der Waals surface area (Å²) in [5.74, 6) is -0.0578. The second-order valence-corrected chi connectivity index (χ2v) is 5.27. The summed E-state index contributed by atoms with van der Waals surface area (Å²) in [5.41, 5.74) is 0.428. The summed E-state index contributed by atoms with van der Waals surface area (Å²) >= 11 is 11.9. The quantitative estimate of drug-likeness (QED) is 0.869. The molecule has 1 fully saturated rings. The molecule has 1 aromatic carbocycles. The van der Waals surface area contributed by atoms with Gasteiger partial charge >= 0.3 is 0 Å². The van der Waals surface area contributed by atoms with E-state index in [-0.39, 0.29) is 18.2 Å². The average Bonchev–Trinajstić information content (AvgIpc) is 2.57. The fourth-order valence-electron chi connectivity index (χ4n) is 1.97. The van der Waals surface area contributed by atoms with Crippen molar-refractivity contribution in [2.24, 2.45) is 0 Å². The highest BCUT2D eigenvalue weighted by molar-refractivity contribution is 6.36. The van der Waals surface area contributed by atoms with Crippen LogP contribution in [-0.2, 0) is 4.79 Å². The summed E-state index contributed by atoms with van der Waals surface area (Å²) in [5, 5.41) is 3.66. The van der Waals surface area contributed by atoms with Gasteiger partial charge in [-0.1, -0.05) is 23.2 Å². The van der Waals surface area contributed by atoms with Gasteiger partial charge in [0.05, 0.1) is 11.6 Å². The highest BCUT2D eigenvalue weighted by Gasteiger charge is 2.18. The second kappa shape index (κ2) is 6.37. The molecule has 0 bridgehead atoms. The van der Waals surface area contributed by atoms with Crippen LogP contribution in [0.5, 0.6) is 0 Å². The number of rotatable bonds is 3. The van der Waals surface area contributed by atoms with Crippen LogP contribution in [0.1, 0.15) is 16.8 Å². The number of ketones is 1. The van der Waals surface area contributed by atoms with E-state index in [1.54, 1.807) is 18.2 Å². The maximum absolute atomic E-state index is 12.2. The van der Waals surface area contributed by atoms with Crippen molar-refractivity contribution in [3.8, 4) is 0 Å². The molecule has 1 aliphatic heterocycles. The van der Waals surface area contributed by atoms with E-state index in [9.17, 15) is 9.59 Å². The molecule has 0 aliphatic carbocycles. The van der Waals surface area contributed by atoms with Gasteiger partial charge in [-0.3, -0.25) is 14.5 Å². The number of hydrogen-bond acceptors (Lipinski definition) is 3. The molecule has 0 aromatic heterocycles. The van der Waals surface area contributed by atoms with Gasteiger partial charge in [-0.2, -0.15) is 0 Å². The fraction of sp³-hybridized carbons (Fsp3) is 0.385. The SMILES string of the molecule is O=C1CCN(CC(=O)c2cc(Cl)ccc2Cl)CCN1. The van der Waals surface area contributed by atoms with Crippen LogP contribution >= 0.6 is 23.2 Å². The molecule has 1 amide bonds. The Hall–Kier alpha value is -1.10. The lowest BCUT2D eigenvalue weighted by molar-refractivity contribution is -0.120. The molecular weight excluding hydrogens is 287 g/mol. The van der Waals surface area contributed by atoms with E-state index in [0.717, 1.165) is 0 Å². The predicted octanol–water partition coefficient (Wildman–Crippen LogP) is 2.00. The third kappa shape index (κ3) is 3.93. The first-order chi connectivity index (χ1) is 9.06. The van der Waals surface area contributed by atoms with Crippen LogP contribution in [0.2, 0.25) is 10.0 Å². The fourth-order valence-corrected chi connectivity index (χ4v) is 2.37. The Morgan fingerprint density at radius 1 is 1.32 bits per heavy atom. The first kappa shape index (κ1) is 14.3. The van der Waals surface area contributed by atoms with E-state index in [1.165, 1.54) is 0 Å². The van der Waals surface area contributed by atoms with Crippen molar-refractivity contribution in [1.29, 1.82) is 0 Å². The Morgan fingerprint density at radius 2 is 2.11 bits per heavy atom. The summed E-state index contributed by atoms with van der Waals surface area (Å²) in [6.45, 7) is 2.05. The van der Waals surface area contributed by atoms with E-state index < -0.39 is 0 Å². The van der Waals surface area contributed by atoms with Crippen molar-refractivity contribution >= 4 is 34.9 Å². The van der Waals surface area contributed by atoms with E-state index in [2.05, 4.69) is 5.32 Å². The summed E-state index contributed by atoms with van der Waals surface area (Å²) in [7, 11) is 0. The number of hydrogen-bond donors (Lipinski definition) is 1. The van der Waals surface area contributed by atoms with Crippen LogP contribution in [0.15, 0.2) is 18.2 Å². The van der Waals surface area contributed by atoms with Crippen LogP contribution in [0.4, 0.5) is 0 Å². The van der Waals surface area contributed by atoms with Crippen molar-refractivity contribution in [1.82, 2.24) is 10.2 Å². The third-order valence-corrected chi connectivity index (χ3v) is 3.57. The van der Waals surface area contributed by atoms with E-state index in [1.807, 2.05) is 4.90 Å². The van der Waals surface area contributed by atoms with Crippen LogP contribution < -0.4 is 5.32 Å². The number of benzene rings is 1. The molecule has 1 aliphatic rings. The molecule has 0 spiro atoms. The minimum absolute atomic E-state index is 0.0238. The minimum atomic E-state index is -0.0816. The summed E-state index contributed by atoms with van der Waals surface area (Å²) in [4.78, 5) is 25.4. The van der Waals surface area contributed by atoms with Gasteiger partial charge in [0.2, 0.25) is 5.91 Å². The second-order valence-electron chi connectivity index (χ2n) is 4.42. The van der Waals surface area contributed by atoms with Crippen LogP contribution in [0.25, 0.3) is 0 Å². The maximum Gasteiger partial charge on any atom is 0.221 e. The molecule has 1 aromatic rings. The van der Waals surface area contributed by atoms with Gasteiger partial charge in [-0.25, -0.2) is 0 Å². The summed E-state index contributed by atoms with van der Waals surface area (Å²) in [6.07, 6.45) is 0.413. The maximum atomic E-state index is 12.2. The van der Waals surface area contributed by atoms with Gasteiger partial charge in [0.15, 0.2) is 5.78 Å². The first-order valence-electron chi connectivity index (χ1n) is 6.03. The zero-order valence-electron chi connectivity index (χ0n) is 10.3. The lowest BCUT2D eigenvalue weighted by Gasteiger charge is -2.18. The Labute approximate surface area is 121 Å². The number of nitrogens with one attached hydrogen (secondary N) is 1. The molecule has 0 radical (unpaired) electrons. The molecule has 6 heteroatoms. The summed E-state index contributed by atoms with van der Waals surface area (Å²) < 4.78 is 0. The smallest absolute Gasteiger partial charge is 0.221 e. The molecule has 2 rings (SSSR count). The van der Waals surface area contributed by atoms with Crippen LogP contribution in [0.3, 0.4) is 0 Å². The Balaban J connectivity index is 2.04. The summed E-state index contributed by atoms with van der Waals surface area (Å²) in [6, 6.07) is 4.84. The van der Waals surface area contributed by atoms with Gasteiger partial charge in [0, 0.05) is 36.6 Å². The van der Waals surface area contributed by atoms with Gasteiger partial charge in [-0.15, -0.1) is 0 Å². The Morgan fingerprint density at radius 3 is 2.89 bits per heavy atom. The van der Waals surface area contributed by atoms with Crippen molar-refractivity contribution in [3.63, 3.8) is 0 Å². The van der Waals surface area contributed by atoms with Gasteiger partial charge < -0.3 is 5.32 Å². The Kier molecular flexibility index (Phi) is 4.80. The molecule has 0 atom stereocenters. The number of nitrogens with zero attached hydrogens (tertiary/aromatic N) is 1. The highest BCUT2D eigenvalue weighted by atomic mass is 35.5. The average molecular weight is 301 g/mol. The number of amides is 1. The third-order valence-electron chi connectivity index (χ3n) is 3.00. The number of Topliss-reactive ketones (excluding diaryl/α,β-unsaturated/α-hetero) is 1. The minimum Gasteiger partial charge on any atom is -0.355 e. The molecule has 1 heterocycles. The first-order valence-corrected chi connectivity index (χ1v) is 6.79. The zero-order chi connectivity index (χ0) is 13.8. The molecule has 0 saturated carbocycles. The molecule has 1 saturated heterocycles. The van der Waals surface area contributed by atoms with E-state index >= 15 is 0 Å². The monoisotopic (exact) mass is 300 g/mol. The number of carbonyl (C=O) groups excluding carboxylic acids is 2. The number of halogens is 2. The molecule has 102 valence electrons. The standard InChI is InChI=1S/C13H14Cl2N2O2/c14-9-1-2-11(15)10(7-9)12(18)8-17-5-3-13(19)16-4-6-17/h1-2,7H,3-6,8H2,(H,16,19). The van der Waals surface area contributed by atoms with Crippen molar-refractivity contribution < 1.29 is 9.59 Å². The number of carbonyl (C=O) groups is 2. The molecule has 4 nitrogen and oxygen atoms in total. The van der Waals surface area contributed by atoms with Crippen molar-refractivity contribution in [3.05, 3.63) is 33.8 Å². The Bertz CT molecular complexity index is 505. The molecule has 1 N–H and O–H groups in total. The lowest BCUT2D eigenvalue weighted by atomic mass is 10.1. The lowest BCUT2D eigenvalue weighted by Crippen LogP contribution is -2.33. The molecular formula is C13H14Cl2N2O2. The van der Waals surface area contributed by atoms with Crippen molar-refractivity contribution in [2.75, 3.05) is 26.2 Å². The van der Waals surface area contributed by atoms with E-state index in [0.29, 0.717) is 41.7 Å². The van der Waals surface area contributed by atoms with Gasteiger partial charge in [0.25, 0.3) is 0 Å². The van der Waals surface area contributed by atoms with Crippen LogP contribution in [-0.4, -0.2) is 42.8 Å². The van der Waals surface area contributed by atoms with Crippen molar-refractivity contribution in [2.45, 2.75) is 6.42 Å². The predicted molar refractivity (Wildman–Crippen MR) is 74.9 cm³/mol. The van der Waals surface area contributed by atoms with Crippen LogP contribution in [0, 0.1) is 0 Å².